The summed E-state index contributed by atoms with van der Waals surface area (Å²) < 4.78 is 21.1. The summed E-state index contributed by atoms with van der Waals surface area (Å²) in [4.78, 5) is 11.4. The Hall–Kier alpha value is -2.87. The number of carbonyl (C=O) groups excluding carboxylic acids is 1. The minimum Gasteiger partial charge on any atom is -0.483 e. The summed E-state index contributed by atoms with van der Waals surface area (Å²) in [6.07, 6.45) is 0. The molecular weight excluding hydrogens is 355 g/mol. The number of nitrogens with two attached hydrogens (primary N) is 1. The number of hydrogen-bond acceptors (Lipinski definition) is 5. The third-order valence-corrected chi connectivity index (χ3v) is 4.65. The molecule has 0 aliphatic rings. The Kier molecular flexibility index (Phi) is 5.52. The summed E-state index contributed by atoms with van der Waals surface area (Å²) in [5, 5.41) is 8.32. The van der Waals surface area contributed by atoms with E-state index in [1.165, 1.54) is 17.8 Å². The average Bonchev–Trinajstić information content (AvgIpc) is 3.04. The number of nitrogens with zero attached hydrogens (tertiary/aromatic N) is 3. The van der Waals surface area contributed by atoms with Crippen LogP contribution in [0, 0.1) is 5.82 Å². The maximum Gasteiger partial charge on any atom is 0.230 e. The van der Waals surface area contributed by atoms with E-state index in [9.17, 15) is 9.18 Å². The molecule has 0 bridgehead atoms. The number of carbonyl (C=O) groups is 1. The highest BCUT2D eigenvalue weighted by atomic mass is 32.2. The molecule has 8 heteroatoms. The smallest absolute Gasteiger partial charge is 0.230 e. The Morgan fingerprint density at radius 2 is 1.88 bits per heavy atom. The number of hydrogen-bond donors (Lipinski definition) is 1. The third-order valence-electron chi connectivity index (χ3n) is 3.59. The first kappa shape index (κ1) is 17.9. The number of para-hydroxylation sites is 2. The molecule has 1 heterocycles. The molecule has 0 radical (unpaired) electrons. The molecule has 1 atom stereocenters. The number of rotatable bonds is 7. The second kappa shape index (κ2) is 8.01. The van der Waals surface area contributed by atoms with E-state index < -0.39 is 17.0 Å². The lowest BCUT2D eigenvalue weighted by Crippen LogP contribution is -2.23. The average molecular weight is 372 g/mol. The number of primary amides is 1. The van der Waals surface area contributed by atoms with E-state index in [0.29, 0.717) is 11.0 Å². The molecule has 134 valence electrons. The summed E-state index contributed by atoms with van der Waals surface area (Å²) in [7, 11) is 0. The third kappa shape index (κ3) is 4.02. The van der Waals surface area contributed by atoms with Crippen LogP contribution in [0.4, 0.5) is 4.39 Å². The number of amides is 1. The molecule has 2 N–H and O–H groups in total. The number of ether oxygens (including phenoxy) is 1. The lowest BCUT2D eigenvalue weighted by molar-refractivity contribution is -0.117. The van der Waals surface area contributed by atoms with Crippen LogP contribution in [0.1, 0.15) is 12.7 Å². The maximum absolute atomic E-state index is 13.8. The van der Waals surface area contributed by atoms with E-state index in [-0.39, 0.29) is 12.4 Å². The van der Waals surface area contributed by atoms with Crippen LogP contribution in [0.5, 0.6) is 5.75 Å². The van der Waals surface area contributed by atoms with Gasteiger partial charge in [0, 0.05) is 5.69 Å². The second-order valence-corrected chi connectivity index (χ2v) is 6.76. The van der Waals surface area contributed by atoms with E-state index in [1.807, 2.05) is 30.3 Å². The van der Waals surface area contributed by atoms with E-state index in [4.69, 9.17) is 10.5 Å². The zero-order valence-corrected chi connectivity index (χ0v) is 14.8. The lowest BCUT2D eigenvalue weighted by atomic mass is 10.3. The Bertz CT molecular complexity index is 901. The van der Waals surface area contributed by atoms with E-state index in [1.54, 1.807) is 29.7 Å². The van der Waals surface area contributed by atoms with Crippen LogP contribution >= 0.6 is 11.8 Å². The quantitative estimate of drug-likeness (QED) is 0.645. The van der Waals surface area contributed by atoms with E-state index in [2.05, 4.69) is 10.2 Å². The van der Waals surface area contributed by atoms with E-state index in [0.717, 1.165) is 5.69 Å². The van der Waals surface area contributed by atoms with Crippen LogP contribution in [-0.4, -0.2) is 25.9 Å². The molecule has 3 rings (SSSR count). The SMILES string of the molecule is CC(Sc1nnc(COc2ccccc2F)n1-c1ccccc1)C(N)=O. The molecular formula is C18H17FN4O2S. The van der Waals surface area contributed by atoms with Crippen molar-refractivity contribution in [3.05, 3.63) is 66.2 Å². The fraction of sp³-hybridized carbons (Fsp3) is 0.167. The number of thioether (sulfide) groups is 1. The van der Waals surface area contributed by atoms with Crippen LogP contribution in [-0.2, 0) is 11.4 Å². The van der Waals surface area contributed by atoms with Crippen molar-refractivity contribution in [2.75, 3.05) is 0 Å². The van der Waals surface area contributed by atoms with Crippen molar-refractivity contribution >= 4 is 17.7 Å². The topological polar surface area (TPSA) is 83.0 Å². The van der Waals surface area contributed by atoms with Crippen LogP contribution in [0.2, 0.25) is 0 Å². The van der Waals surface area contributed by atoms with Gasteiger partial charge in [-0.2, -0.15) is 0 Å². The zero-order valence-electron chi connectivity index (χ0n) is 14.0. The molecule has 0 saturated heterocycles. The Morgan fingerprint density at radius 3 is 2.58 bits per heavy atom. The second-order valence-electron chi connectivity index (χ2n) is 5.45. The first-order chi connectivity index (χ1) is 12.6. The summed E-state index contributed by atoms with van der Waals surface area (Å²) in [5.74, 6) is -0.273. The van der Waals surface area contributed by atoms with Gasteiger partial charge in [-0.1, -0.05) is 42.1 Å². The molecule has 0 aliphatic heterocycles. The van der Waals surface area contributed by atoms with Gasteiger partial charge in [-0.3, -0.25) is 9.36 Å². The van der Waals surface area contributed by atoms with E-state index >= 15 is 0 Å². The van der Waals surface area contributed by atoms with Crippen LogP contribution < -0.4 is 10.5 Å². The molecule has 1 amide bonds. The Morgan fingerprint density at radius 1 is 1.19 bits per heavy atom. The van der Waals surface area contributed by atoms with Crippen molar-refractivity contribution in [1.29, 1.82) is 0 Å². The fourth-order valence-electron chi connectivity index (χ4n) is 2.23. The number of halogens is 1. The molecule has 26 heavy (non-hydrogen) atoms. The normalized spacial score (nSPS) is 11.9. The first-order valence-corrected chi connectivity index (χ1v) is 8.77. The van der Waals surface area contributed by atoms with Crippen molar-refractivity contribution in [3.8, 4) is 11.4 Å². The fourth-order valence-corrected chi connectivity index (χ4v) is 3.06. The predicted octanol–water partition coefficient (Wildman–Crippen LogP) is 2.95. The minimum absolute atomic E-state index is 0.0222. The Balaban J connectivity index is 1.91. The van der Waals surface area contributed by atoms with Gasteiger partial charge in [0.15, 0.2) is 22.5 Å². The van der Waals surface area contributed by atoms with Crippen molar-refractivity contribution < 1.29 is 13.9 Å². The first-order valence-electron chi connectivity index (χ1n) is 7.89. The lowest BCUT2D eigenvalue weighted by Gasteiger charge is -2.12. The molecule has 1 unspecified atom stereocenters. The van der Waals surface area contributed by atoms with Crippen LogP contribution in [0.3, 0.4) is 0 Å². The predicted molar refractivity (Wildman–Crippen MR) is 96.6 cm³/mol. The number of benzene rings is 2. The van der Waals surface area contributed by atoms with Crippen LogP contribution in [0.25, 0.3) is 5.69 Å². The summed E-state index contributed by atoms with van der Waals surface area (Å²) in [6, 6.07) is 15.6. The maximum atomic E-state index is 13.8. The molecule has 3 aromatic rings. The summed E-state index contributed by atoms with van der Waals surface area (Å²) in [5.41, 5.74) is 6.16. The van der Waals surface area contributed by atoms with Gasteiger partial charge >= 0.3 is 0 Å². The molecule has 0 saturated carbocycles. The standard InChI is InChI=1S/C18H17FN4O2S/c1-12(17(20)24)26-18-22-21-16(23(18)13-7-3-2-4-8-13)11-25-15-10-6-5-9-14(15)19/h2-10,12H,11H2,1H3,(H2,20,24). The van der Waals surface area contributed by atoms with Crippen molar-refractivity contribution in [2.45, 2.75) is 23.9 Å². The van der Waals surface area contributed by atoms with Crippen molar-refractivity contribution in [1.82, 2.24) is 14.8 Å². The molecule has 0 fully saturated rings. The Labute approximate surface area is 154 Å². The highest BCUT2D eigenvalue weighted by Crippen LogP contribution is 2.26. The van der Waals surface area contributed by atoms with Gasteiger partial charge in [0.2, 0.25) is 5.91 Å². The van der Waals surface area contributed by atoms with Crippen molar-refractivity contribution in [3.63, 3.8) is 0 Å². The highest BCUT2D eigenvalue weighted by molar-refractivity contribution is 8.00. The molecule has 1 aromatic heterocycles. The zero-order chi connectivity index (χ0) is 18.5. The van der Waals surface area contributed by atoms with Crippen LogP contribution in [0.15, 0.2) is 59.8 Å². The molecule has 0 spiro atoms. The van der Waals surface area contributed by atoms with Crippen molar-refractivity contribution in [2.24, 2.45) is 5.73 Å². The van der Waals surface area contributed by atoms with Gasteiger partial charge < -0.3 is 10.5 Å². The van der Waals surface area contributed by atoms with Gasteiger partial charge in [-0.05, 0) is 31.2 Å². The van der Waals surface area contributed by atoms with Gasteiger partial charge in [0.1, 0.15) is 6.61 Å². The molecule has 2 aromatic carbocycles. The largest absolute Gasteiger partial charge is 0.483 e. The van der Waals surface area contributed by atoms with Gasteiger partial charge in [0.05, 0.1) is 5.25 Å². The van der Waals surface area contributed by atoms with Gasteiger partial charge in [-0.15, -0.1) is 10.2 Å². The molecule has 0 aliphatic carbocycles. The minimum atomic E-state index is -0.470. The monoisotopic (exact) mass is 372 g/mol. The summed E-state index contributed by atoms with van der Waals surface area (Å²) >= 11 is 1.20. The highest BCUT2D eigenvalue weighted by Gasteiger charge is 2.20. The number of aromatic nitrogens is 3. The van der Waals surface area contributed by atoms with Gasteiger partial charge in [-0.25, -0.2) is 4.39 Å². The molecule has 6 nitrogen and oxygen atoms in total. The van der Waals surface area contributed by atoms with Gasteiger partial charge in [0.25, 0.3) is 0 Å². The summed E-state index contributed by atoms with van der Waals surface area (Å²) in [6.45, 7) is 1.72.